The standard InChI is InChI=1S/C34H49N5O3S/c1-4-5-17-32(39-22(2)11-9-12-23(39)3)30-19-26(38-43(41,42)27-15-7-6-8-16-27)20-31-29(30)21-28(34(40)37-31)24-13-10-14-25(18-24)33(35)36/h10,13-14,18-20,22-23,27-28,32,38H,4-9,11-12,15-17,21H2,1-3H3,(H3,35,36)(H,37,40). The van der Waals surface area contributed by atoms with Crippen molar-refractivity contribution in [2.45, 2.75) is 127 Å². The summed E-state index contributed by atoms with van der Waals surface area (Å²) in [6.45, 7) is 6.84. The molecule has 4 unspecified atom stereocenters. The number of benzene rings is 2. The predicted octanol–water partition coefficient (Wildman–Crippen LogP) is 6.82. The normalized spacial score (nSPS) is 24.2. The summed E-state index contributed by atoms with van der Waals surface area (Å²) < 4.78 is 30.0. The smallest absolute Gasteiger partial charge is 0.235 e. The van der Waals surface area contributed by atoms with Crippen LogP contribution < -0.4 is 15.8 Å². The summed E-state index contributed by atoms with van der Waals surface area (Å²) in [5.74, 6) is -0.587. The van der Waals surface area contributed by atoms with Crippen LogP contribution in [0.25, 0.3) is 0 Å². The molecule has 1 saturated heterocycles. The maximum Gasteiger partial charge on any atom is 0.235 e. The SMILES string of the molecule is CCCCC(c1cc(NS(=O)(=O)C2CCCCC2)cc2c1CC(c1cccc(C(=N)N)c1)C(=O)N2)N1C(C)CCCC1C. The number of carbonyl (C=O) groups is 1. The van der Waals surface area contributed by atoms with Crippen LogP contribution in [0.3, 0.4) is 0 Å². The highest BCUT2D eigenvalue weighted by molar-refractivity contribution is 7.93. The van der Waals surface area contributed by atoms with Crippen LogP contribution in [0.1, 0.15) is 126 Å². The number of likely N-dealkylation sites (tertiary alicyclic amines) is 1. The van der Waals surface area contributed by atoms with Crippen molar-refractivity contribution < 1.29 is 13.2 Å². The van der Waals surface area contributed by atoms with E-state index in [-0.39, 0.29) is 23.0 Å². The molecule has 1 amide bonds. The second-order valence-corrected chi connectivity index (χ2v) is 15.0. The number of hydrogen-bond acceptors (Lipinski definition) is 5. The Morgan fingerprint density at radius 2 is 1.79 bits per heavy atom. The first kappa shape index (κ1) is 31.5. The number of unbranched alkanes of at least 4 members (excludes halogenated alkanes) is 1. The first-order valence-electron chi connectivity index (χ1n) is 16.3. The van der Waals surface area contributed by atoms with Crippen LogP contribution in [0.2, 0.25) is 0 Å². The Labute approximate surface area is 257 Å². The molecule has 0 radical (unpaired) electrons. The maximum atomic E-state index is 13.6. The minimum absolute atomic E-state index is 0.0262. The lowest BCUT2D eigenvalue weighted by Gasteiger charge is -2.46. The molecular formula is C34H49N5O3S. The van der Waals surface area contributed by atoms with Crippen molar-refractivity contribution in [1.82, 2.24) is 4.90 Å². The molecule has 5 N–H and O–H groups in total. The van der Waals surface area contributed by atoms with Gasteiger partial charge in [0, 0.05) is 29.4 Å². The Morgan fingerprint density at radius 3 is 2.47 bits per heavy atom. The van der Waals surface area contributed by atoms with E-state index in [1.807, 2.05) is 24.3 Å². The van der Waals surface area contributed by atoms with E-state index < -0.39 is 15.9 Å². The number of piperidine rings is 1. The number of nitrogens with one attached hydrogen (secondary N) is 3. The van der Waals surface area contributed by atoms with E-state index in [2.05, 4.69) is 41.8 Å². The lowest BCUT2D eigenvalue weighted by atomic mass is 9.81. The van der Waals surface area contributed by atoms with E-state index >= 15 is 0 Å². The molecule has 1 aliphatic carbocycles. The van der Waals surface area contributed by atoms with Gasteiger partial charge in [-0.05, 0) is 87.3 Å². The van der Waals surface area contributed by atoms with Crippen molar-refractivity contribution in [2.24, 2.45) is 5.73 Å². The van der Waals surface area contributed by atoms with Crippen molar-refractivity contribution in [1.29, 1.82) is 5.41 Å². The van der Waals surface area contributed by atoms with E-state index in [9.17, 15) is 13.2 Å². The van der Waals surface area contributed by atoms with Gasteiger partial charge in [0.05, 0.1) is 16.9 Å². The third-order valence-corrected chi connectivity index (χ3v) is 11.8. The number of nitrogens with two attached hydrogens (primary N) is 1. The number of amidine groups is 1. The van der Waals surface area contributed by atoms with Crippen molar-refractivity contribution >= 4 is 33.1 Å². The number of hydrogen-bond donors (Lipinski definition) is 4. The number of rotatable bonds is 10. The molecule has 0 bridgehead atoms. The summed E-state index contributed by atoms with van der Waals surface area (Å²) in [6.07, 6.45) is 11.4. The largest absolute Gasteiger partial charge is 0.384 e. The molecule has 8 nitrogen and oxygen atoms in total. The number of nitrogen functional groups attached to an aromatic ring is 1. The highest BCUT2D eigenvalue weighted by Gasteiger charge is 2.37. The second-order valence-electron chi connectivity index (χ2n) is 13.0. The topological polar surface area (TPSA) is 128 Å². The van der Waals surface area contributed by atoms with Crippen molar-refractivity contribution in [3.63, 3.8) is 0 Å². The maximum absolute atomic E-state index is 13.6. The zero-order valence-corrected chi connectivity index (χ0v) is 26.8. The summed E-state index contributed by atoms with van der Waals surface area (Å²) in [4.78, 5) is 16.2. The molecule has 2 fully saturated rings. The Balaban J connectivity index is 1.60. The van der Waals surface area contributed by atoms with Crippen LogP contribution in [-0.2, 0) is 21.2 Å². The first-order chi connectivity index (χ1) is 20.6. The minimum Gasteiger partial charge on any atom is -0.384 e. The van der Waals surface area contributed by atoms with E-state index in [1.54, 1.807) is 6.07 Å². The molecule has 3 aliphatic rings. The fraction of sp³-hybridized carbons (Fsp3) is 0.588. The summed E-state index contributed by atoms with van der Waals surface area (Å²) in [6, 6.07) is 12.2. The van der Waals surface area contributed by atoms with Gasteiger partial charge in [0.2, 0.25) is 15.9 Å². The van der Waals surface area contributed by atoms with Crippen LogP contribution in [0.4, 0.5) is 11.4 Å². The molecule has 2 heterocycles. The van der Waals surface area contributed by atoms with Gasteiger partial charge >= 0.3 is 0 Å². The van der Waals surface area contributed by atoms with Gasteiger partial charge in [-0.2, -0.15) is 0 Å². The number of amides is 1. The minimum atomic E-state index is -3.56. The Morgan fingerprint density at radius 1 is 1.07 bits per heavy atom. The predicted molar refractivity (Wildman–Crippen MR) is 175 cm³/mol. The monoisotopic (exact) mass is 607 g/mol. The number of fused-ring (bicyclic) bond motifs is 1. The van der Waals surface area contributed by atoms with Gasteiger partial charge in [-0.15, -0.1) is 0 Å². The van der Waals surface area contributed by atoms with Crippen molar-refractivity contribution in [2.75, 3.05) is 10.0 Å². The second kappa shape index (κ2) is 13.4. The molecule has 234 valence electrons. The molecule has 9 heteroatoms. The molecule has 2 aromatic carbocycles. The molecule has 0 aromatic heterocycles. The van der Waals surface area contributed by atoms with Crippen LogP contribution in [-0.4, -0.2) is 42.4 Å². The molecule has 0 spiro atoms. The van der Waals surface area contributed by atoms with Gasteiger partial charge in [-0.3, -0.25) is 19.8 Å². The van der Waals surface area contributed by atoms with Gasteiger partial charge in [0.15, 0.2) is 0 Å². The molecule has 1 saturated carbocycles. The number of anilines is 2. The molecule has 2 aromatic rings. The third kappa shape index (κ3) is 6.93. The average Bonchev–Trinajstić information content (AvgIpc) is 2.98. The Hall–Kier alpha value is -2.91. The number of nitrogens with zero attached hydrogens (tertiary/aromatic N) is 1. The number of sulfonamides is 1. The lowest BCUT2D eigenvalue weighted by molar-refractivity contribution is -0.117. The van der Waals surface area contributed by atoms with Crippen LogP contribution in [0.5, 0.6) is 0 Å². The van der Waals surface area contributed by atoms with Gasteiger partial charge < -0.3 is 11.1 Å². The van der Waals surface area contributed by atoms with E-state index in [0.717, 1.165) is 68.1 Å². The van der Waals surface area contributed by atoms with E-state index in [0.29, 0.717) is 48.3 Å². The van der Waals surface area contributed by atoms with Gasteiger partial charge in [0.1, 0.15) is 5.84 Å². The highest BCUT2D eigenvalue weighted by atomic mass is 32.2. The Bertz CT molecular complexity index is 1430. The molecule has 43 heavy (non-hydrogen) atoms. The molecular weight excluding hydrogens is 558 g/mol. The first-order valence-corrected chi connectivity index (χ1v) is 17.8. The fourth-order valence-corrected chi connectivity index (χ4v) is 9.21. The van der Waals surface area contributed by atoms with E-state index in [1.165, 1.54) is 6.42 Å². The zero-order chi connectivity index (χ0) is 30.7. The summed E-state index contributed by atoms with van der Waals surface area (Å²) in [5, 5.41) is 10.7. The van der Waals surface area contributed by atoms with Gasteiger partial charge in [-0.1, -0.05) is 63.6 Å². The van der Waals surface area contributed by atoms with E-state index in [4.69, 9.17) is 11.1 Å². The summed E-state index contributed by atoms with van der Waals surface area (Å²) in [7, 11) is -3.56. The van der Waals surface area contributed by atoms with Crippen molar-refractivity contribution in [3.8, 4) is 0 Å². The summed E-state index contributed by atoms with van der Waals surface area (Å²) in [5.41, 5.74) is 10.6. The van der Waals surface area contributed by atoms with Gasteiger partial charge in [0.25, 0.3) is 0 Å². The average molecular weight is 608 g/mol. The molecule has 4 atom stereocenters. The fourth-order valence-electron chi connectivity index (χ4n) is 7.64. The number of carbonyl (C=O) groups excluding carboxylic acids is 1. The van der Waals surface area contributed by atoms with Crippen LogP contribution >= 0.6 is 0 Å². The zero-order valence-electron chi connectivity index (χ0n) is 26.0. The molecule has 2 aliphatic heterocycles. The highest BCUT2D eigenvalue weighted by Crippen LogP contribution is 2.44. The third-order valence-electron chi connectivity index (χ3n) is 9.93. The quantitative estimate of drug-likeness (QED) is 0.174. The van der Waals surface area contributed by atoms with Crippen molar-refractivity contribution in [3.05, 3.63) is 58.7 Å². The van der Waals surface area contributed by atoms with Gasteiger partial charge in [-0.25, -0.2) is 8.42 Å². The molecule has 5 rings (SSSR count). The lowest BCUT2D eigenvalue weighted by Crippen LogP contribution is -2.46. The Kier molecular flexibility index (Phi) is 9.81. The van der Waals surface area contributed by atoms with Crippen LogP contribution in [0.15, 0.2) is 36.4 Å². The van der Waals surface area contributed by atoms with Crippen LogP contribution in [0, 0.1) is 5.41 Å². The summed E-state index contributed by atoms with van der Waals surface area (Å²) >= 11 is 0.